The predicted molar refractivity (Wildman–Crippen MR) is 77.6 cm³/mol. The van der Waals surface area contributed by atoms with Crippen LogP contribution in [0, 0.1) is 5.92 Å². The summed E-state index contributed by atoms with van der Waals surface area (Å²) < 4.78 is 0. The minimum absolute atomic E-state index is 0.567. The molecule has 2 nitrogen and oxygen atoms in total. The number of rotatable bonds is 5. The lowest BCUT2D eigenvalue weighted by Gasteiger charge is -2.36. The van der Waals surface area contributed by atoms with Crippen LogP contribution < -0.4 is 5.73 Å². The van der Waals surface area contributed by atoms with Crippen molar-refractivity contribution in [3.8, 4) is 0 Å². The van der Waals surface area contributed by atoms with Crippen LogP contribution in [-0.4, -0.2) is 30.6 Å². The maximum atomic E-state index is 5.96. The van der Waals surface area contributed by atoms with Gasteiger partial charge >= 0.3 is 0 Å². The fourth-order valence-corrected chi connectivity index (χ4v) is 2.82. The molecular weight excluding hydrogens is 220 g/mol. The zero-order valence-electron chi connectivity index (χ0n) is 11.5. The maximum absolute atomic E-state index is 5.96. The van der Waals surface area contributed by atoms with Gasteiger partial charge in [-0.05, 0) is 50.3 Å². The monoisotopic (exact) mass is 246 g/mol. The fourth-order valence-electron chi connectivity index (χ4n) is 2.82. The number of likely N-dealkylation sites (tertiary alicyclic amines) is 1. The highest BCUT2D eigenvalue weighted by molar-refractivity contribution is 5.14. The molecule has 1 saturated heterocycles. The van der Waals surface area contributed by atoms with E-state index in [0.29, 0.717) is 6.04 Å². The van der Waals surface area contributed by atoms with Crippen molar-refractivity contribution in [2.24, 2.45) is 11.7 Å². The van der Waals surface area contributed by atoms with Crippen LogP contribution in [0.25, 0.3) is 0 Å². The molecule has 2 heteroatoms. The van der Waals surface area contributed by atoms with E-state index in [4.69, 9.17) is 5.73 Å². The molecule has 1 aliphatic rings. The van der Waals surface area contributed by atoms with Gasteiger partial charge in [-0.25, -0.2) is 0 Å². The molecule has 2 N–H and O–H groups in total. The van der Waals surface area contributed by atoms with Gasteiger partial charge in [0.25, 0.3) is 0 Å². The third-order valence-corrected chi connectivity index (χ3v) is 4.22. The van der Waals surface area contributed by atoms with Crippen LogP contribution in [0.4, 0.5) is 0 Å². The first kappa shape index (κ1) is 13.6. The lowest BCUT2D eigenvalue weighted by atomic mass is 9.96. The molecule has 1 atom stereocenters. The summed E-state index contributed by atoms with van der Waals surface area (Å²) in [6, 6.07) is 11.3. The fraction of sp³-hybridized carbons (Fsp3) is 0.625. The van der Waals surface area contributed by atoms with Gasteiger partial charge in [0.1, 0.15) is 0 Å². The molecule has 0 radical (unpaired) electrons. The van der Waals surface area contributed by atoms with E-state index in [-0.39, 0.29) is 0 Å². The van der Waals surface area contributed by atoms with E-state index in [1.807, 2.05) is 0 Å². The van der Waals surface area contributed by atoms with Crippen molar-refractivity contribution in [1.82, 2.24) is 4.90 Å². The number of aryl methyl sites for hydroxylation is 1. The molecule has 0 spiro atoms. The smallest absolute Gasteiger partial charge is 0.0221 e. The van der Waals surface area contributed by atoms with Gasteiger partial charge in [-0.1, -0.05) is 37.3 Å². The highest BCUT2D eigenvalue weighted by Gasteiger charge is 2.21. The molecule has 18 heavy (non-hydrogen) atoms. The van der Waals surface area contributed by atoms with Crippen molar-refractivity contribution in [3.63, 3.8) is 0 Å². The normalized spacial score (nSPS) is 19.9. The summed E-state index contributed by atoms with van der Waals surface area (Å²) in [7, 11) is 0. The summed E-state index contributed by atoms with van der Waals surface area (Å²) in [5.74, 6) is 0.897. The van der Waals surface area contributed by atoms with Gasteiger partial charge in [-0.3, -0.25) is 4.90 Å². The van der Waals surface area contributed by atoms with E-state index in [0.717, 1.165) is 18.9 Å². The third-order valence-electron chi connectivity index (χ3n) is 4.22. The van der Waals surface area contributed by atoms with E-state index in [1.165, 1.54) is 37.9 Å². The van der Waals surface area contributed by atoms with Gasteiger partial charge in [0, 0.05) is 12.6 Å². The highest BCUT2D eigenvalue weighted by Crippen LogP contribution is 2.19. The van der Waals surface area contributed by atoms with Crippen molar-refractivity contribution < 1.29 is 0 Å². The van der Waals surface area contributed by atoms with E-state index < -0.39 is 0 Å². The van der Waals surface area contributed by atoms with Crippen LogP contribution in [0.15, 0.2) is 30.3 Å². The Bertz CT molecular complexity index is 328. The Morgan fingerprint density at radius 3 is 2.50 bits per heavy atom. The lowest BCUT2D eigenvalue weighted by molar-refractivity contribution is 0.135. The number of nitrogens with zero attached hydrogens (tertiary/aromatic N) is 1. The first-order valence-corrected chi connectivity index (χ1v) is 7.27. The molecule has 1 fully saturated rings. The van der Waals surface area contributed by atoms with Gasteiger partial charge in [-0.15, -0.1) is 0 Å². The SMILES string of the molecule is CC1CCN(C(CN)CCc2ccccc2)CC1. The molecule has 1 aromatic rings. The van der Waals surface area contributed by atoms with Crippen LogP contribution >= 0.6 is 0 Å². The summed E-state index contributed by atoms with van der Waals surface area (Å²) in [5, 5.41) is 0. The molecule has 0 bridgehead atoms. The molecule has 1 heterocycles. The molecule has 1 aromatic carbocycles. The molecule has 0 saturated carbocycles. The summed E-state index contributed by atoms with van der Waals surface area (Å²) in [6.45, 7) is 5.62. The number of hydrogen-bond donors (Lipinski definition) is 1. The summed E-state index contributed by atoms with van der Waals surface area (Å²) in [4.78, 5) is 2.60. The van der Waals surface area contributed by atoms with Gasteiger partial charge in [-0.2, -0.15) is 0 Å². The Balaban J connectivity index is 1.82. The third kappa shape index (κ3) is 3.82. The van der Waals surface area contributed by atoms with E-state index >= 15 is 0 Å². The molecular formula is C16H26N2. The lowest BCUT2D eigenvalue weighted by Crippen LogP contribution is -2.45. The first-order valence-electron chi connectivity index (χ1n) is 7.27. The van der Waals surface area contributed by atoms with Gasteiger partial charge in [0.15, 0.2) is 0 Å². The summed E-state index contributed by atoms with van der Waals surface area (Å²) in [5.41, 5.74) is 7.39. The van der Waals surface area contributed by atoms with Gasteiger partial charge in [0.05, 0.1) is 0 Å². The minimum atomic E-state index is 0.567. The second kappa shape index (κ2) is 6.91. The van der Waals surface area contributed by atoms with Crippen LogP contribution in [0.1, 0.15) is 31.7 Å². The second-order valence-electron chi connectivity index (χ2n) is 5.63. The highest BCUT2D eigenvalue weighted by atomic mass is 15.2. The van der Waals surface area contributed by atoms with Gasteiger partial charge < -0.3 is 5.73 Å². The Labute approximate surface area is 111 Å². The van der Waals surface area contributed by atoms with Crippen molar-refractivity contribution in [1.29, 1.82) is 0 Å². The van der Waals surface area contributed by atoms with E-state index in [1.54, 1.807) is 0 Å². The largest absolute Gasteiger partial charge is 0.329 e. The van der Waals surface area contributed by atoms with E-state index in [2.05, 4.69) is 42.2 Å². The topological polar surface area (TPSA) is 29.3 Å². The summed E-state index contributed by atoms with van der Waals surface area (Å²) in [6.07, 6.45) is 5.01. The molecule has 0 amide bonds. The minimum Gasteiger partial charge on any atom is -0.329 e. The molecule has 2 rings (SSSR count). The van der Waals surface area contributed by atoms with Crippen LogP contribution in [0.5, 0.6) is 0 Å². The quantitative estimate of drug-likeness (QED) is 0.865. The molecule has 1 unspecified atom stereocenters. The first-order chi connectivity index (χ1) is 8.79. The Kier molecular flexibility index (Phi) is 5.21. The zero-order chi connectivity index (χ0) is 12.8. The maximum Gasteiger partial charge on any atom is 0.0221 e. The second-order valence-corrected chi connectivity index (χ2v) is 5.63. The molecule has 0 aliphatic carbocycles. The number of piperidine rings is 1. The predicted octanol–water partition coefficient (Wildman–Crippen LogP) is 2.68. The molecule has 100 valence electrons. The van der Waals surface area contributed by atoms with Gasteiger partial charge in [0.2, 0.25) is 0 Å². The molecule has 1 aliphatic heterocycles. The number of hydrogen-bond acceptors (Lipinski definition) is 2. The van der Waals surface area contributed by atoms with Crippen LogP contribution in [-0.2, 0) is 6.42 Å². The average Bonchev–Trinajstić information content (AvgIpc) is 2.42. The van der Waals surface area contributed by atoms with Crippen LogP contribution in [0.2, 0.25) is 0 Å². The van der Waals surface area contributed by atoms with Crippen LogP contribution in [0.3, 0.4) is 0 Å². The van der Waals surface area contributed by atoms with Crippen molar-refractivity contribution >= 4 is 0 Å². The standard InChI is InChI=1S/C16H26N2/c1-14-9-11-18(12-10-14)16(13-17)8-7-15-5-3-2-4-6-15/h2-6,14,16H,7-13,17H2,1H3. The Morgan fingerprint density at radius 2 is 1.89 bits per heavy atom. The Morgan fingerprint density at radius 1 is 1.22 bits per heavy atom. The average molecular weight is 246 g/mol. The van der Waals surface area contributed by atoms with E-state index in [9.17, 15) is 0 Å². The Hall–Kier alpha value is -0.860. The number of nitrogens with two attached hydrogens (primary N) is 1. The zero-order valence-corrected chi connectivity index (χ0v) is 11.5. The summed E-state index contributed by atoms with van der Waals surface area (Å²) >= 11 is 0. The number of benzene rings is 1. The molecule has 0 aromatic heterocycles. The van der Waals surface area contributed by atoms with Crippen molar-refractivity contribution in [2.75, 3.05) is 19.6 Å². The van der Waals surface area contributed by atoms with Crippen molar-refractivity contribution in [2.45, 2.75) is 38.6 Å². The van der Waals surface area contributed by atoms with Crippen molar-refractivity contribution in [3.05, 3.63) is 35.9 Å².